The number of nitrogens with zero attached hydrogens (tertiary/aromatic N) is 2. The van der Waals surface area contributed by atoms with Gasteiger partial charge in [-0.05, 0) is 53.0 Å². The van der Waals surface area contributed by atoms with Crippen molar-refractivity contribution >= 4 is 17.1 Å². The number of nitrogen functional groups attached to an aromatic ring is 1. The zero-order valence-corrected chi connectivity index (χ0v) is 14.1. The van der Waals surface area contributed by atoms with Crippen LogP contribution in [0.3, 0.4) is 0 Å². The van der Waals surface area contributed by atoms with E-state index in [1.54, 1.807) is 6.20 Å². The Morgan fingerprint density at radius 2 is 2.00 bits per heavy atom. The lowest BCUT2D eigenvalue weighted by molar-refractivity contribution is 0.365. The van der Waals surface area contributed by atoms with Crippen LogP contribution in [-0.4, -0.2) is 9.97 Å². The Morgan fingerprint density at radius 3 is 2.70 bits per heavy atom. The van der Waals surface area contributed by atoms with Crippen LogP contribution in [0.1, 0.15) is 48.2 Å². The van der Waals surface area contributed by atoms with Crippen molar-refractivity contribution in [1.29, 1.82) is 0 Å². The number of allylic oxidation sites excluding steroid dienone is 1. The highest BCUT2D eigenvalue weighted by atomic mass is 15.0. The van der Waals surface area contributed by atoms with Gasteiger partial charge in [0.05, 0.1) is 5.69 Å². The smallest absolute Gasteiger partial charge is 0.220 e. The summed E-state index contributed by atoms with van der Waals surface area (Å²) in [6, 6.07) is 6.51. The third-order valence-corrected chi connectivity index (χ3v) is 4.52. The summed E-state index contributed by atoms with van der Waals surface area (Å²) in [6.07, 6.45) is 3.85. The molecule has 3 nitrogen and oxygen atoms in total. The average molecular weight is 305 g/mol. The summed E-state index contributed by atoms with van der Waals surface area (Å²) in [5.74, 6) is 0.294. The molecule has 0 radical (unpaired) electrons. The molecule has 1 aromatic carbocycles. The quantitative estimate of drug-likeness (QED) is 0.894. The third kappa shape index (κ3) is 2.91. The van der Waals surface area contributed by atoms with E-state index >= 15 is 0 Å². The molecule has 2 aromatic rings. The topological polar surface area (TPSA) is 51.8 Å². The standard InChI is InChI=1S/C20H23N3/c1-12-9-20(4,5)10-16-8-15(6-7-17(12)16)13(2)18-11-22-19(21)23-14(18)3/h6-8,11H,1-2,9-10H2,3-5H3,(H2,21,22,23). The van der Waals surface area contributed by atoms with Crippen molar-refractivity contribution < 1.29 is 0 Å². The van der Waals surface area contributed by atoms with E-state index in [9.17, 15) is 0 Å². The number of rotatable bonds is 2. The lowest BCUT2D eigenvalue weighted by atomic mass is 9.72. The van der Waals surface area contributed by atoms with E-state index in [4.69, 9.17) is 5.73 Å². The molecule has 0 fully saturated rings. The zero-order chi connectivity index (χ0) is 16.8. The predicted molar refractivity (Wildman–Crippen MR) is 96.9 cm³/mol. The van der Waals surface area contributed by atoms with Gasteiger partial charge in [0.2, 0.25) is 5.95 Å². The highest BCUT2D eigenvalue weighted by Gasteiger charge is 2.27. The second kappa shape index (κ2) is 5.34. The second-order valence-corrected chi connectivity index (χ2v) is 7.20. The van der Waals surface area contributed by atoms with Crippen LogP contribution >= 0.6 is 0 Å². The molecule has 0 spiro atoms. The van der Waals surface area contributed by atoms with E-state index < -0.39 is 0 Å². The highest BCUT2D eigenvalue weighted by molar-refractivity contribution is 5.81. The molecule has 3 rings (SSSR count). The largest absolute Gasteiger partial charge is 0.368 e. The van der Waals surface area contributed by atoms with Crippen molar-refractivity contribution in [3.8, 4) is 0 Å². The number of hydrogen-bond acceptors (Lipinski definition) is 3. The van der Waals surface area contributed by atoms with E-state index in [0.717, 1.165) is 35.2 Å². The van der Waals surface area contributed by atoms with Crippen LogP contribution in [0.4, 0.5) is 5.95 Å². The van der Waals surface area contributed by atoms with Gasteiger partial charge in [0.15, 0.2) is 0 Å². The molecular weight excluding hydrogens is 282 g/mol. The monoisotopic (exact) mass is 305 g/mol. The molecular formula is C20H23N3. The Labute approximate surface area is 138 Å². The maximum Gasteiger partial charge on any atom is 0.220 e. The van der Waals surface area contributed by atoms with Crippen LogP contribution in [0.5, 0.6) is 0 Å². The van der Waals surface area contributed by atoms with Crippen molar-refractivity contribution in [2.45, 2.75) is 33.6 Å². The van der Waals surface area contributed by atoms with Crippen LogP contribution < -0.4 is 5.73 Å². The molecule has 3 heteroatoms. The summed E-state index contributed by atoms with van der Waals surface area (Å²) in [5.41, 5.74) is 13.6. The van der Waals surface area contributed by atoms with Crippen LogP contribution in [0.15, 0.2) is 37.6 Å². The van der Waals surface area contributed by atoms with Gasteiger partial charge in [-0.2, -0.15) is 0 Å². The SMILES string of the molecule is C=C1CC(C)(C)Cc2cc(C(=C)c3cnc(N)nc3C)ccc21. The Balaban J connectivity index is 2.02. The minimum atomic E-state index is 0.254. The van der Waals surface area contributed by atoms with Crippen molar-refractivity contribution in [1.82, 2.24) is 9.97 Å². The number of nitrogens with two attached hydrogens (primary N) is 1. The molecule has 0 amide bonds. The first-order valence-corrected chi connectivity index (χ1v) is 7.87. The number of fused-ring (bicyclic) bond motifs is 1. The van der Waals surface area contributed by atoms with Crippen molar-refractivity contribution in [3.63, 3.8) is 0 Å². The van der Waals surface area contributed by atoms with Gasteiger partial charge in [0, 0.05) is 11.8 Å². The van der Waals surface area contributed by atoms with Crippen LogP contribution in [-0.2, 0) is 6.42 Å². The summed E-state index contributed by atoms with van der Waals surface area (Å²) in [7, 11) is 0. The number of aryl methyl sites for hydroxylation is 1. The van der Waals surface area contributed by atoms with Crippen LogP contribution in [0.25, 0.3) is 11.1 Å². The van der Waals surface area contributed by atoms with Gasteiger partial charge in [-0.25, -0.2) is 9.97 Å². The van der Waals surface area contributed by atoms with Crippen LogP contribution in [0, 0.1) is 12.3 Å². The summed E-state index contributed by atoms with van der Waals surface area (Å²) < 4.78 is 0. The predicted octanol–water partition coefficient (Wildman–Crippen LogP) is 4.41. The fourth-order valence-corrected chi connectivity index (χ4v) is 3.46. The fraction of sp³-hybridized carbons (Fsp3) is 0.300. The van der Waals surface area contributed by atoms with Gasteiger partial charge in [-0.15, -0.1) is 0 Å². The molecule has 1 aliphatic carbocycles. The minimum absolute atomic E-state index is 0.254. The van der Waals surface area contributed by atoms with Crippen molar-refractivity contribution in [2.24, 2.45) is 5.41 Å². The van der Waals surface area contributed by atoms with Gasteiger partial charge in [-0.3, -0.25) is 0 Å². The Morgan fingerprint density at radius 1 is 1.26 bits per heavy atom. The summed E-state index contributed by atoms with van der Waals surface area (Å²) in [4.78, 5) is 8.34. The molecule has 0 bridgehead atoms. The molecule has 1 heterocycles. The number of anilines is 1. The van der Waals surface area contributed by atoms with E-state index in [-0.39, 0.29) is 5.41 Å². The van der Waals surface area contributed by atoms with Gasteiger partial charge in [0.1, 0.15) is 0 Å². The molecule has 0 unspecified atom stereocenters. The normalized spacial score (nSPS) is 16.0. The van der Waals surface area contributed by atoms with Gasteiger partial charge < -0.3 is 5.73 Å². The maximum absolute atomic E-state index is 5.64. The fourth-order valence-electron chi connectivity index (χ4n) is 3.46. The van der Waals surface area contributed by atoms with Crippen molar-refractivity contribution in [3.05, 3.63) is 65.5 Å². The summed E-state index contributed by atoms with van der Waals surface area (Å²) in [6.45, 7) is 15.0. The van der Waals surface area contributed by atoms with Gasteiger partial charge >= 0.3 is 0 Å². The molecule has 1 aromatic heterocycles. The first kappa shape index (κ1) is 15.5. The summed E-state index contributed by atoms with van der Waals surface area (Å²) in [5, 5.41) is 0. The van der Waals surface area contributed by atoms with E-state index in [2.05, 4.69) is 55.2 Å². The molecule has 2 N–H and O–H groups in total. The molecule has 0 saturated carbocycles. The number of benzene rings is 1. The van der Waals surface area contributed by atoms with Gasteiger partial charge in [0.25, 0.3) is 0 Å². The maximum atomic E-state index is 5.64. The second-order valence-electron chi connectivity index (χ2n) is 7.20. The number of hydrogen-bond donors (Lipinski definition) is 1. The van der Waals surface area contributed by atoms with Gasteiger partial charge in [-0.1, -0.05) is 45.2 Å². The Kier molecular flexibility index (Phi) is 3.59. The van der Waals surface area contributed by atoms with Crippen LogP contribution in [0.2, 0.25) is 0 Å². The van der Waals surface area contributed by atoms with E-state index in [1.165, 1.54) is 16.7 Å². The third-order valence-electron chi connectivity index (χ3n) is 4.52. The minimum Gasteiger partial charge on any atom is -0.368 e. The molecule has 0 atom stereocenters. The first-order chi connectivity index (χ1) is 10.8. The lowest BCUT2D eigenvalue weighted by Crippen LogP contribution is -2.21. The average Bonchev–Trinajstić information content (AvgIpc) is 2.44. The molecule has 118 valence electrons. The van der Waals surface area contributed by atoms with E-state index in [0.29, 0.717) is 5.95 Å². The highest BCUT2D eigenvalue weighted by Crippen LogP contribution is 2.41. The Hall–Kier alpha value is -2.42. The molecule has 0 saturated heterocycles. The lowest BCUT2D eigenvalue weighted by Gasteiger charge is -2.33. The zero-order valence-electron chi connectivity index (χ0n) is 14.1. The Bertz CT molecular complexity index is 816. The summed E-state index contributed by atoms with van der Waals surface area (Å²) >= 11 is 0. The first-order valence-electron chi connectivity index (χ1n) is 7.87. The van der Waals surface area contributed by atoms with E-state index in [1.807, 2.05) is 6.92 Å². The molecule has 0 aliphatic heterocycles. The number of aromatic nitrogens is 2. The van der Waals surface area contributed by atoms with Crippen molar-refractivity contribution in [2.75, 3.05) is 5.73 Å². The molecule has 23 heavy (non-hydrogen) atoms. The molecule has 1 aliphatic rings.